The number of nitrogens with zero attached hydrogens (tertiary/aromatic N) is 1. The molecule has 1 aliphatic heterocycles. The number of aliphatic carboxylic acids is 1. The highest BCUT2D eigenvalue weighted by Gasteiger charge is 2.43. The predicted octanol–water partition coefficient (Wildman–Crippen LogP) is 1.93. The molecule has 3 rings (SSSR count). The van der Waals surface area contributed by atoms with E-state index >= 15 is 0 Å². The molecule has 1 aliphatic carbocycles. The van der Waals surface area contributed by atoms with Crippen LogP contribution in [0.5, 0.6) is 0 Å². The topological polar surface area (TPSA) is 66.8 Å². The first kappa shape index (κ1) is 13.0. The van der Waals surface area contributed by atoms with Gasteiger partial charge in [-0.05, 0) is 42.9 Å². The molecule has 1 aromatic rings. The highest BCUT2D eigenvalue weighted by Crippen LogP contribution is 2.35. The van der Waals surface area contributed by atoms with Crippen LogP contribution in [0.4, 0.5) is 4.79 Å². The number of fused-ring (bicyclic) bond motifs is 1. The van der Waals surface area contributed by atoms with E-state index in [1.807, 2.05) is 13.0 Å². The molecule has 0 saturated carbocycles. The van der Waals surface area contributed by atoms with Gasteiger partial charge >= 0.3 is 12.1 Å². The fourth-order valence-electron chi connectivity index (χ4n) is 3.05. The predicted molar refractivity (Wildman–Crippen MR) is 71.5 cm³/mol. The Morgan fingerprint density at radius 2 is 2.15 bits per heavy atom. The zero-order chi connectivity index (χ0) is 14.3. The Kier molecular flexibility index (Phi) is 2.92. The Balaban J connectivity index is 1.86. The van der Waals surface area contributed by atoms with Crippen molar-refractivity contribution in [3.8, 4) is 0 Å². The van der Waals surface area contributed by atoms with Gasteiger partial charge in [-0.25, -0.2) is 4.79 Å². The van der Waals surface area contributed by atoms with Crippen LogP contribution < -0.4 is 0 Å². The van der Waals surface area contributed by atoms with Gasteiger partial charge in [0.25, 0.3) is 0 Å². The van der Waals surface area contributed by atoms with Gasteiger partial charge in [-0.15, -0.1) is 0 Å². The molecule has 0 spiro atoms. The smallest absolute Gasteiger partial charge is 0.411 e. The molecule has 5 nitrogen and oxygen atoms in total. The molecule has 5 heteroatoms. The third-order valence-electron chi connectivity index (χ3n) is 4.10. The molecule has 0 bridgehead atoms. The zero-order valence-corrected chi connectivity index (χ0v) is 11.4. The average molecular weight is 275 g/mol. The minimum absolute atomic E-state index is 0.275. The molecular weight excluding hydrogens is 258 g/mol. The van der Waals surface area contributed by atoms with Gasteiger partial charge in [0.05, 0.1) is 6.54 Å². The number of carboxylic acids is 1. The number of amides is 1. The fraction of sp³-hybridized carbons (Fsp3) is 0.467. The largest absolute Gasteiger partial charge is 0.480 e. The quantitative estimate of drug-likeness (QED) is 0.915. The summed E-state index contributed by atoms with van der Waals surface area (Å²) in [5.74, 6) is -1.03. The van der Waals surface area contributed by atoms with Crippen LogP contribution in [0.2, 0.25) is 0 Å². The van der Waals surface area contributed by atoms with Gasteiger partial charge in [-0.3, -0.25) is 9.69 Å². The average Bonchev–Trinajstić information content (AvgIpc) is 2.94. The van der Waals surface area contributed by atoms with Crippen LogP contribution in [0.15, 0.2) is 18.2 Å². The minimum atomic E-state index is -1.03. The highest BCUT2D eigenvalue weighted by molar-refractivity contribution is 5.78. The van der Waals surface area contributed by atoms with Crippen LogP contribution in [0.25, 0.3) is 0 Å². The molecule has 0 radical (unpaired) electrons. The van der Waals surface area contributed by atoms with Crippen molar-refractivity contribution in [2.75, 3.05) is 13.1 Å². The van der Waals surface area contributed by atoms with Crippen LogP contribution in [-0.4, -0.2) is 35.2 Å². The molecule has 1 saturated heterocycles. The molecule has 1 amide bonds. The van der Waals surface area contributed by atoms with E-state index < -0.39 is 17.7 Å². The standard InChI is InChI=1S/C15H17NO4/c1-15(9-16(8-13(17)18)14(19)20-15)12-6-5-10-3-2-4-11(10)7-12/h5-7H,2-4,8-9H2,1H3,(H,17,18). The summed E-state index contributed by atoms with van der Waals surface area (Å²) in [5, 5.41) is 8.81. The Hall–Kier alpha value is -2.04. The van der Waals surface area contributed by atoms with Crippen molar-refractivity contribution in [3.63, 3.8) is 0 Å². The third-order valence-corrected chi connectivity index (χ3v) is 4.10. The number of hydrogen-bond acceptors (Lipinski definition) is 3. The van der Waals surface area contributed by atoms with Crippen LogP contribution in [-0.2, 0) is 28.0 Å². The minimum Gasteiger partial charge on any atom is -0.480 e. The van der Waals surface area contributed by atoms with E-state index in [2.05, 4.69) is 12.1 Å². The van der Waals surface area contributed by atoms with Gasteiger partial charge in [-0.2, -0.15) is 0 Å². The number of hydrogen-bond donors (Lipinski definition) is 1. The van der Waals surface area contributed by atoms with E-state index in [-0.39, 0.29) is 13.1 Å². The van der Waals surface area contributed by atoms with Gasteiger partial charge in [0, 0.05) is 0 Å². The van der Waals surface area contributed by atoms with Crippen LogP contribution in [0.1, 0.15) is 30.0 Å². The lowest BCUT2D eigenvalue weighted by Crippen LogP contribution is -2.33. The van der Waals surface area contributed by atoms with E-state index in [1.54, 1.807) is 0 Å². The number of carbonyl (C=O) groups excluding carboxylic acids is 1. The second-order valence-corrected chi connectivity index (χ2v) is 5.69. The van der Waals surface area contributed by atoms with Crippen LogP contribution >= 0.6 is 0 Å². The summed E-state index contributed by atoms with van der Waals surface area (Å²) in [6.07, 6.45) is 2.78. The maximum absolute atomic E-state index is 11.8. The van der Waals surface area contributed by atoms with E-state index in [0.717, 1.165) is 18.4 Å². The highest BCUT2D eigenvalue weighted by atomic mass is 16.6. The number of carboxylic acid groups (broad SMARTS) is 1. The van der Waals surface area contributed by atoms with Crippen LogP contribution in [0.3, 0.4) is 0 Å². The fourth-order valence-corrected chi connectivity index (χ4v) is 3.05. The van der Waals surface area contributed by atoms with Crippen molar-refractivity contribution in [1.29, 1.82) is 0 Å². The lowest BCUT2D eigenvalue weighted by Gasteiger charge is -2.23. The van der Waals surface area contributed by atoms with Crippen molar-refractivity contribution in [3.05, 3.63) is 34.9 Å². The Labute approximate surface area is 117 Å². The molecule has 1 atom stereocenters. The first-order chi connectivity index (χ1) is 9.48. The number of cyclic esters (lactones) is 1. The number of aryl methyl sites for hydroxylation is 2. The summed E-state index contributed by atoms with van der Waals surface area (Å²) in [5.41, 5.74) is 2.87. The Bertz CT molecular complexity index is 583. The molecule has 20 heavy (non-hydrogen) atoms. The normalized spacial score (nSPS) is 24.6. The molecule has 1 unspecified atom stereocenters. The zero-order valence-electron chi connectivity index (χ0n) is 11.4. The monoisotopic (exact) mass is 275 g/mol. The molecule has 1 fully saturated rings. The lowest BCUT2D eigenvalue weighted by atomic mass is 9.93. The maximum atomic E-state index is 11.8. The lowest BCUT2D eigenvalue weighted by molar-refractivity contribution is -0.137. The summed E-state index contributed by atoms with van der Waals surface area (Å²) >= 11 is 0. The SMILES string of the molecule is CC1(c2ccc3c(c2)CCC3)CN(CC(=O)O)C(=O)O1. The van der Waals surface area contributed by atoms with E-state index in [0.29, 0.717) is 0 Å². The summed E-state index contributed by atoms with van der Waals surface area (Å²) in [7, 11) is 0. The van der Waals surface area contributed by atoms with Crippen molar-refractivity contribution in [2.45, 2.75) is 31.8 Å². The van der Waals surface area contributed by atoms with Gasteiger partial charge in [0.1, 0.15) is 6.54 Å². The number of ether oxygens (including phenoxy) is 1. The summed E-state index contributed by atoms with van der Waals surface area (Å²) in [6.45, 7) is 1.79. The summed E-state index contributed by atoms with van der Waals surface area (Å²) in [6, 6.07) is 6.18. The van der Waals surface area contributed by atoms with Crippen molar-refractivity contribution in [2.24, 2.45) is 0 Å². The van der Waals surface area contributed by atoms with Gasteiger partial charge in [0.15, 0.2) is 5.60 Å². The number of carbonyl (C=O) groups is 2. The van der Waals surface area contributed by atoms with Crippen LogP contribution in [0, 0.1) is 0 Å². The van der Waals surface area contributed by atoms with Gasteiger partial charge < -0.3 is 9.84 Å². The second kappa shape index (κ2) is 4.51. The third kappa shape index (κ3) is 2.13. The molecular formula is C15H17NO4. The van der Waals surface area contributed by atoms with Crippen molar-refractivity contribution in [1.82, 2.24) is 4.90 Å². The molecule has 1 heterocycles. The molecule has 2 aliphatic rings. The summed E-state index contributed by atoms with van der Waals surface area (Å²) < 4.78 is 5.43. The maximum Gasteiger partial charge on any atom is 0.411 e. The molecule has 106 valence electrons. The number of benzene rings is 1. The molecule has 0 aromatic heterocycles. The Morgan fingerprint density at radius 1 is 1.40 bits per heavy atom. The van der Waals surface area contributed by atoms with Crippen molar-refractivity contribution >= 4 is 12.1 Å². The summed E-state index contributed by atoms with van der Waals surface area (Å²) in [4.78, 5) is 23.8. The van der Waals surface area contributed by atoms with Crippen molar-refractivity contribution < 1.29 is 19.4 Å². The second-order valence-electron chi connectivity index (χ2n) is 5.69. The number of rotatable bonds is 3. The molecule has 1 aromatic carbocycles. The Morgan fingerprint density at radius 3 is 2.90 bits per heavy atom. The first-order valence-electron chi connectivity index (χ1n) is 6.80. The van der Waals surface area contributed by atoms with E-state index in [1.165, 1.54) is 22.4 Å². The van der Waals surface area contributed by atoms with Gasteiger partial charge in [0.2, 0.25) is 0 Å². The molecule has 1 N–H and O–H groups in total. The van der Waals surface area contributed by atoms with Gasteiger partial charge in [-0.1, -0.05) is 18.2 Å². The first-order valence-corrected chi connectivity index (χ1v) is 6.80. The van der Waals surface area contributed by atoms with E-state index in [4.69, 9.17) is 9.84 Å². The van der Waals surface area contributed by atoms with E-state index in [9.17, 15) is 9.59 Å².